The van der Waals surface area contributed by atoms with Crippen LogP contribution in [0.5, 0.6) is 0 Å². The van der Waals surface area contributed by atoms with Crippen molar-refractivity contribution in [3.05, 3.63) is 0 Å². The molecule has 0 aromatic carbocycles. The predicted octanol–water partition coefficient (Wildman–Crippen LogP) is 1.42. The molecule has 0 aliphatic rings. The van der Waals surface area contributed by atoms with Gasteiger partial charge in [0.2, 0.25) is 0 Å². The molecule has 0 aliphatic carbocycles. The van der Waals surface area contributed by atoms with Crippen LogP contribution in [0.3, 0.4) is 0 Å². The number of nitrogens with zero attached hydrogens (tertiary/aromatic N) is 1. The molecule has 0 saturated carbocycles. The Morgan fingerprint density at radius 1 is 1.47 bits per heavy atom. The van der Waals surface area contributed by atoms with Crippen LogP contribution in [0.15, 0.2) is 0 Å². The molecule has 0 aromatic heterocycles. The first-order valence-electron chi connectivity index (χ1n) is 5.38. The van der Waals surface area contributed by atoms with Crippen LogP contribution in [0.1, 0.15) is 20.8 Å². The number of likely N-dealkylation sites (N-methyl/N-ethyl adjacent to an activating group) is 1. The van der Waals surface area contributed by atoms with Crippen molar-refractivity contribution in [2.75, 3.05) is 32.7 Å². The molecule has 0 aliphatic heterocycles. The normalized spacial score (nSPS) is 20.0. The van der Waals surface area contributed by atoms with Gasteiger partial charge in [0.25, 0.3) is 0 Å². The smallest absolute Gasteiger partial charge is 0.0736 e. The van der Waals surface area contributed by atoms with E-state index in [9.17, 15) is 0 Å². The van der Waals surface area contributed by atoms with Crippen LogP contribution >= 0.6 is 11.8 Å². The summed E-state index contributed by atoms with van der Waals surface area (Å²) in [6, 6.07) is 0.506. The Morgan fingerprint density at radius 2 is 2.00 bits per heavy atom. The Kier molecular flexibility index (Phi) is 6.84. The number of ether oxygens (including phenoxy) is 1. The zero-order valence-electron chi connectivity index (χ0n) is 10.9. The molecule has 4 heteroatoms. The largest absolute Gasteiger partial charge is 0.380 e. The number of methoxy groups -OCH3 is 1. The van der Waals surface area contributed by atoms with Crippen molar-refractivity contribution in [2.24, 2.45) is 5.73 Å². The van der Waals surface area contributed by atoms with Crippen molar-refractivity contribution < 1.29 is 4.74 Å². The average molecular weight is 234 g/mol. The molecule has 3 atom stereocenters. The van der Waals surface area contributed by atoms with Crippen LogP contribution in [0.25, 0.3) is 0 Å². The van der Waals surface area contributed by atoms with E-state index in [1.165, 1.54) is 0 Å². The third kappa shape index (κ3) is 3.63. The van der Waals surface area contributed by atoms with Crippen LogP contribution in [-0.4, -0.2) is 55.3 Å². The van der Waals surface area contributed by atoms with Gasteiger partial charge in [-0.1, -0.05) is 0 Å². The van der Waals surface area contributed by atoms with E-state index in [1.54, 1.807) is 7.11 Å². The summed E-state index contributed by atoms with van der Waals surface area (Å²) in [5.41, 5.74) is 5.80. The summed E-state index contributed by atoms with van der Waals surface area (Å²) >= 11 is 1.86. The summed E-state index contributed by atoms with van der Waals surface area (Å²) in [4.78, 5) is 2.33. The molecule has 0 saturated heterocycles. The molecular weight excluding hydrogens is 208 g/mol. The van der Waals surface area contributed by atoms with Crippen LogP contribution in [-0.2, 0) is 4.74 Å². The fourth-order valence-electron chi connectivity index (χ4n) is 1.71. The molecule has 0 spiro atoms. The minimum absolute atomic E-state index is 0.0934. The van der Waals surface area contributed by atoms with E-state index in [1.807, 2.05) is 11.8 Å². The van der Waals surface area contributed by atoms with Gasteiger partial charge >= 0.3 is 0 Å². The van der Waals surface area contributed by atoms with Gasteiger partial charge < -0.3 is 10.5 Å². The van der Waals surface area contributed by atoms with Gasteiger partial charge in [-0.25, -0.2) is 0 Å². The van der Waals surface area contributed by atoms with E-state index < -0.39 is 0 Å². The number of thioether (sulfide) groups is 1. The van der Waals surface area contributed by atoms with Crippen molar-refractivity contribution >= 4 is 11.8 Å². The summed E-state index contributed by atoms with van der Waals surface area (Å²) in [5.74, 6) is 1.11. The Balaban J connectivity index is 4.63. The molecule has 3 nitrogen and oxygen atoms in total. The lowest BCUT2D eigenvalue weighted by atomic mass is 9.92. The molecule has 2 N–H and O–H groups in total. The molecule has 3 unspecified atom stereocenters. The van der Waals surface area contributed by atoms with Crippen molar-refractivity contribution in [1.82, 2.24) is 4.90 Å². The molecule has 0 radical (unpaired) electrons. The lowest BCUT2D eigenvalue weighted by molar-refractivity contribution is -0.0310. The highest BCUT2D eigenvalue weighted by molar-refractivity contribution is 7.98. The summed E-state index contributed by atoms with van der Waals surface area (Å²) in [6.07, 6.45) is 2.26. The molecule has 0 fully saturated rings. The second-order valence-corrected chi connectivity index (χ2v) is 5.27. The highest BCUT2D eigenvalue weighted by atomic mass is 32.2. The van der Waals surface area contributed by atoms with Gasteiger partial charge in [-0.15, -0.1) is 0 Å². The topological polar surface area (TPSA) is 38.5 Å². The van der Waals surface area contributed by atoms with Gasteiger partial charge in [0, 0.05) is 25.4 Å². The summed E-state index contributed by atoms with van der Waals surface area (Å²) < 4.78 is 5.43. The molecule has 0 heterocycles. The van der Waals surface area contributed by atoms with Gasteiger partial charge in [0.05, 0.1) is 11.6 Å². The van der Waals surface area contributed by atoms with E-state index in [-0.39, 0.29) is 11.6 Å². The van der Waals surface area contributed by atoms with Crippen molar-refractivity contribution in [3.8, 4) is 0 Å². The van der Waals surface area contributed by atoms with E-state index in [2.05, 4.69) is 39.0 Å². The summed E-state index contributed by atoms with van der Waals surface area (Å²) in [6.45, 7) is 7.08. The SMILES string of the molecule is COC(C)C(C)(CN)N(C)C(C)CSC. The molecule has 0 amide bonds. The predicted molar refractivity (Wildman–Crippen MR) is 69.5 cm³/mol. The Morgan fingerprint density at radius 3 is 2.33 bits per heavy atom. The second-order valence-electron chi connectivity index (χ2n) is 4.35. The highest BCUT2D eigenvalue weighted by Gasteiger charge is 2.36. The minimum Gasteiger partial charge on any atom is -0.380 e. The van der Waals surface area contributed by atoms with Gasteiger partial charge in [0.15, 0.2) is 0 Å². The van der Waals surface area contributed by atoms with E-state index in [0.29, 0.717) is 12.6 Å². The number of hydrogen-bond donors (Lipinski definition) is 1. The van der Waals surface area contributed by atoms with Crippen LogP contribution in [0, 0.1) is 0 Å². The molecule has 0 rings (SSSR count). The lowest BCUT2D eigenvalue weighted by Crippen LogP contribution is -2.60. The molecular formula is C11H26N2OS. The summed E-state index contributed by atoms with van der Waals surface area (Å²) in [7, 11) is 3.87. The maximum atomic E-state index is 5.89. The first-order chi connectivity index (χ1) is 6.93. The average Bonchev–Trinajstić information content (AvgIpc) is 2.26. The standard InChI is InChI=1S/C11H26N2OS/c1-9(7-15-6)13(4)11(3,8-12)10(2)14-5/h9-10H,7-8,12H2,1-6H3. The Hall–Kier alpha value is 0.230. The maximum absolute atomic E-state index is 5.89. The third-order valence-electron chi connectivity index (χ3n) is 3.52. The molecule has 15 heavy (non-hydrogen) atoms. The van der Waals surface area contributed by atoms with Crippen molar-refractivity contribution in [2.45, 2.75) is 38.5 Å². The lowest BCUT2D eigenvalue weighted by Gasteiger charge is -2.45. The monoisotopic (exact) mass is 234 g/mol. The van der Waals surface area contributed by atoms with Crippen molar-refractivity contribution in [1.29, 1.82) is 0 Å². The van der Waals surface area contributed by atoms with Crippen LogP contribution in [0.2, 0.25) is 0 Å². The van der Waals surface area contributed by atoms with Gasteiger partial charge in [-0.3, -0.25) is 4.90 Å². The molecule has 0 bridgehead atoms. The fourth-order valence-corrected chi connectivity index (χ4v) is 2.41. The van der Waals surface area contributed by atoms with Gasteiger partial charge in [-0.05, 0) is 34.1 Å². The van der Waals surface area contributed by atoms with Crippen LogP contribution < -0.4 is 5.73 Å². The maximum Gasteiger partial charge on any atom is 0.0736 e. The molecule has 0 aromatic rings. The first-order valence-corrected chi connectivity index (χ1v) is 6.78. The Labute approximate surface area is 98.7 Å². The van der Waals surface area contributed by atoms with E-state index in [4.69, 9.17) is 10.5 Å². The van der Waals surface area contributed by atoms with Gasteiger partial charge in [-0.2, -0.15) is 11.8 Å². The number of nitrogens with two attached hydrogens (primary N) is 1. The quantitative estimate of drug-likeness (QED) is 0.723. The van der Waals surface area contributed by atoms with E-state index in [0.717, 1.165) is 5.75 Å². The number of rotatable bonds is 7. The molecule has 92 valence electrons. The fraction of sp³-hybridized carbons (Fsp3) is 1.00. The first kappa shape index (κ1) is 15.2. The third-order valence-corrected chi connectivity index (χ3v) is 4.33. The summed E-state index contributed by atoms with van der Waals surface area (Å²) in [5, 5.41) is 0. The zero-order valence-corrected chi connectivity index (χ0v) is 11.7. The second kappa shape index (κ2) is 6.74. The zero-order chi connectivity index (χ0) is 12.1. The van der Waals surface area contributed by atoms with Gasteiger partial charge in [0.1, 0.15) is 0 Å². The number of hydrogen-bond acceptors (Lipinski definition) is 4. The minimum atomic E-state index is -0.0934. The Bertz CT molecular complexity index is 180. The highest BCUT2D eigenvalue weighted by Crippen LogP contribution is 2.22. The van der Waals surface area contributed by atoms with Crippen molar-refractivity contribution in [3.63, 3.8) is 0 Å². The van der Waals surface area contributed by atoms with E-state index >= 15 is 0 Å². The van der Waals surface area contributed by atoms with Crippen LogP contribution in [0.4, 0.5) is 0 Å².